The maximum absolute atomic E-state index is 12.2. The Balaban J connectivity index is 0.000000471. The maximum Gasteiger partial charge on any atom is 2.00 e. The van der Waals surface area contributed by atoms with Gasteiger partial charge in [-0.3, -0.25) is 9.59 Å². The Bertz CT molecular complexity index is 2390. The molecule has 301 valence electrons. The van der Waals surface area contributed by atoms with Gasteiger partial charge in [-0.2, -0.15) is 0 Å². The number of carbonyl (C=O) groups excluding carboxylic acids is 2. The van der Waals surface area contributed by atoms with Crippen molar-refractivity contribution in [2.75, 3.05) is 14.2 Å². The third kappa shape index (κ3) is 10.5. The van der Waals surface area contributed by atoms with Crippen LogP contribution in [-0.2, 0) is 48.7 Å². The number of carbonyl (C=O) groups is 2. The van der Waals surface area contributed by atoms with Crippen molar-refractivity contribution in [3.05, 3.63) is 106 Å². The summed E-state index contributed by atoms with van der Waals surface area (Å²) in [5.74, 6) is 1.39. The van der Waals surface area contributed by atoms with Crippen LogP contribution in [0.4, 0.5) is 0 Å². The van der Waals surface area contributed by atoms with E-state index in [1.807, 2.05) is 39.8 Å². The fraction of sp³-hybridized carbons (Fsp3) is 0.364. The van der Waals surface area contributed by atoms with Crippen LogP contribution in [-0.4, -0.2) is 56.1 Å². The van der Waals surface area contributed by atoms with E-state index in [1.165, 1.54) is 25.4 Å². The van der Waals surface area contributed by atoms with E-state index in [0.717, 1.165) is 103 Å². The van der Waals surface area contributed by atoms with Crippen LogP contribution in [0.1, 0.15) is 110 Å². The summed E-state index contributed by atoms with van der Waals surface area (Å²) in [6.45, 7) is 16.4. The zero-order valence-electron chi connectivity index (χ0n) is 34.5. The number of aryl methyl sites for hydroxylation is 6. The predicted molar refractivity (Wildman–Crippen MR) is 221 cm³/mol. The van der Waals surface area contributed by atoms with E-state index >= 15 is 0 Å². The summed E-state index contributed by atoms with van der Waals surface area (Å²) in [6, 6.07) is 8.19. The third-order valence-corrected chi connectivity index (χ3v) is 10.2. The number of allylic oxidation sites excluding steroid dienone is 4. The van der Waals surface area contributed by atoms with Crippen LogP contribution in [0.15, 0.2) is 49.1 Å². The van der Waals surface area contributed by atoms with Crippen molar-refractivity contribution in [2.45, 2.75) is 93.9 Å². The van der Waals surface area contributed by atoms with E-state index in [9.17, 15) is 9.59 Å². The molecule has 5 aromatic rings. The summed E-state index contributed by atoms with van der Waals surface area (Å²) in [5.41, 5.74) is 15.3. The van der Waals surface area contributed by atoms with Crippen molar-refractivity contribution >= 4 is 56.3 Å². The molecule has 0 atom stereocenters. The Hall–Kier alpha value is -5.53. The molecule has 2 aliphatic heterocycles. The Morgan fingerprint density at radius 2 is 1.04 bits per heavy atom. The topological polar surface area (TPSA) is 164 Å². The van der Waals surface area contributed by atoms with Gasteiger partial charge in [0.15, 0.2) is 0 Å². The number of ether oxygens (including phenoxy) is 2. The fourth-order valence-corrected chi connectivity index (χ4v) is 6.94. The molecule has 2 aliphatic rings. The van der Waals surface area contributed by atoms with Crippen molar-refractivity contribution in [2.24, 2.45) is 0 Å². The molecule has 8 bridgehead atoms. The number of imidazole rings is 2. The molecule has 0 unspecified atom stereocenters. The van der Waals surface area contributed by atoms with Crippen molar-refractivity contribution in [1.29, 1.82) is 0 Å². The van der Waals surface area contributed by atoms with E-state index in [0.29, 0.717) is 12.8 Å². The molecular formula is C44H52CoN8O4. The molecule has 7 heterocycles. The number of esters is 2. The number of aromatic amines is 2. The molecule has 0 spiro atoms. The predicted octanol–water partition coefficient (Wildman–Crippen LogP) is 8.52. The Kier molecular flexibility index (Phi) is 15.5. The van der Waals surface area contributed by atoms with Crippen molar-refractivity contribution < 1.29 is 35.8 Å². The number of rotatable bonds is 8. The van der Waals surface area contributed by atoms with Gasteiger partial charge < -0.3 is 29.4 Å². The first-order valence-electron chi connectivity index (χ1n) is 19.0. The Morgan fingerprint density at radius 3 is 1.49 bits per heavy atom. The number of hydrogen-bond acceptors (Lipinski definition) is 8. The normalized spacial score (nSPS) is 12.0. The number of nitrogens with one attached hydrogen (secondary N) is 2. The van der Waals surface area contributed by atoms with Gasteiger partial charge in [0, 0.05) is 37.6 Å². The van der Waals surface area contributed by atoms with Gasteiger partial charge in [-0.1, -0.05) is 60.4 Å². The van der Waals surface area contributed by atoms with Gasteiger partial charge in [0.2, 0.25) is 0 Å². The number of fused-ring (bicyclic) bond motifs is 8. The van der Waals surface area contributed by atoms with Gasteiger partial charge in [0.1, 0.15) is 11.6 Å². The fourth-order valence-electron chi connectivity index (χ4n) is 6.94. The smallest absolute Gasteiger partial charge is 0.657 e. The van der Waals surface area contributed by atoms with Crippen LogP contribution >= 0.6 is 0 Å². The van der Waals surface area contributed by atoms with Crippen molar-refractivity contribution in [1.82, 2.24) is 39.9 Å². The van der Waals surface area contributed by atoms with Crippen molar-refractivity contribution in [3.8, 4) is 0 Å². The summed E-state index contributed by atoms with van der Waals surface area (Å²) in [7, 11) is 2.80. The van der Waals surface area contributed by atoms with E-state index < -0.39 is 0 Å². The van der Waals surface area contributed by atoms with Crippen LogP contribution < -0.4 is 9.97 Å². The van der Waals surface area contributed by atoms with Gasteiger partial charge in [0.05, 0.1) is 37.0 Å². The van der Waals surface area contributed by atoms with Crippen LogP contribution in [0.2, 0.25) is 0 Å². The maximum atomic E-state index is 12.2. The molecule has 0 saturated carbocycles. The molecule has 1 radical (unpaired) electrons. The first-order valence-corrected chi connectivity index (χ1v) is 19.0. The number of H-pyrrole nitrogens is 2. The summed E-state index contributed by atoms with van der Waals surface area (Å²) in [5, 5.41) is 0. The number of methoxy groups -OCH3 is 2. The Morgan fingerprint density at radius 1 is 0.596 bits per heavy atom. The summed E-state index contributed by atoms with van der Waals surface area (Å²) >= 11 is 0. The second-order valence-electron chi connectivity index (χ2n) is 13.7. The molecule has 0 aromatic carbocycles. The molecule has 12 nitrogen and oxygen atoms in total. The third-order valence-electron chi connectivity index (χ3n) is 10.2. The van der Waals surface area contributed by atoms with Gasteiger partial charge in [0.25, 0.3) is 0 Å². The van der Waals surface area contributed by atoms with Crippen LogP contribution in [0.3, 0.4) is 0 Å². The van der Waals surface area contributed by atoms with Crippen molar-refractivity contribution in [3.63, 3.8) is 0 Å². The molecule has 7 rings (SSSR count). The minimum atomic E-state index is -0.275. The van der Waals surface area contributed by atoms with Gasteiger partial charge in [-0.25, -0.2) is 19.9 Å². The van der Waals surface area contributed by atoms with Crippen LogP contribution in [0.25, 0.3) is 44.4 Å². The molecule has 0 saturated heterocycles. The van der Waals surface area contributed by atoms with E-state index in [2.05, 4.69) is 59.8 Å². The van der Waals surface area contributed by atoms with E-state index in [4.69, 9.17) is 29.4 Å². The van der Waals surface area contributed by atoms with Gasteiger partial charge in [-0.15, -0.1) is 22.1 Å². The average Bonchev–Trinajstić information content (AvgIpc) is 4.05. The largest absolute Gasteiger partial charge is 2.00 e. The summed E-state index contributed by atoms with van der Waals surface area (Å²) in [6.07, 6.45) is 10.2. The zero-order chi connectivity index (χ0) is 40.5. The average molecular weight is 816 g/mol. The first-order chi connectivity index (χ1) is 26.9. The molecule has 0 aliphatic carbocycles. The molecule has 0 amide bonds. The van der Waals surface area contributed by atoms with Crippen LogP contribution in [0.5, 0.6) is 0 Å². The molecule has 13 heteroatoms. The standard InChI is InChI=1S/C36H40N4O4.2C4H6N2.Co/c1-9-23-19(3)27-15-28-21(5)25(11-13-35(41)43-7)33(39-28)18-34-26(12-14-36(42)44-8)22(6)30(40-34)17-32-24(10-2)20(4)29(38-32)16-31(23)37-27;2*1-4-5-2-3-6-4;/h15-18H,9-14H2,1-8H3;2*2-3H,1H3,(H,5,6);/q-2;;;+2. The quantitative estimate of drug-likeness (QED) is 0.145. The molecule has 0 fully saturated rings. The number of hydrogen-bond donors (Lipinski definition) is 2. The molecular weight excluding hydrogens is 763 g/mol. The van der Waals surface area contributed by atoms with E-state index in [1.54, 1.807) is 24.8 Å². The number of aromatic nitrogens is 8. The second kappa shape index (κ2) is 20.1. The molecule has 2 N–H and O–H groups in total. The Labute approximate surface area is 344 Å². The SMILES string of the molecule is CCC1=C(C)c2cc3[n-]c(cc4nc(cc5[n-]c(cc1n2)c(C)c5CCC(=O)OC)C(CCC(=O)OC)=C4C)c(C)c3CC.Cc1ncc[nH]1.Cc1ncc[nH]1.[Co+2]. The van der Waals surface area contributed by atoms with Gasteiger partial charge >= 0.3 is 28.7 Å². The van der Waals surface area contributed by atoms with Crippen LogP contribution in [0, 0.1) is 27.7 Å². The number of nitrogens with zero attached hydrogens (tertiary/aromatic N) is 6. The second-order valence-corrected chi connectivity index (χ2v) is 13.7. The minimum absolute atomic E-state index is 0. The summed E-state index contributed by atoms with van der Waals surface area (Å²) in [4.78, 5) is 58.1. The van der Waals surface area contributed by atoms with E-state index in [-0.39, 0.29) is 41.6 Å². The minimum Gasteiger partial charge on any atom is -0.657 e. The summed E-state index contributed by atoms with van der Waals surface area (Å²) < 4.78 is 9.89. The van der Waals surface area contributed by atoms with Gasteiger partial charge in [-0.05, 0) is 89.5 Å². The molecule has 5 aromatic heterocycles. The zero-order valence-corrected chi connectivity index (χ0v) is 35.6. The molecule has 57 heavy (non-hydrogen) atoms. The first kappa shape index (κ1) is 44.2. The monoisotopic (exact) mass is 815 g/mol.